The largest absolute Gasteiger partial charge is 0.381 e. The van der Waals surface area contributed by atoms with Crippen molar-refractivity contribution in [1.29, 1.82) is 0 Å². The molecule has 2 aliphatic heterocycles. The summed E-state index contributed by atoms with van der Waals surface area (Å²) in [4.78, 5) is 0.371. The fraction of sp³-hybridized carbons (Fsp3) is 1.00. The highest BCUT2D eigenvalue weighted by Gasteiger charge is 2.36. The highest BCUT2D eigenvalue weighted by molar-refractivity contribution is 8.01. The lowest BCUT2D eigenvalue weighted by molar-refractivity contribution is 0.0672. The summed E-state index contributed by atoms with van der Waals surface area (Å²) in [5.41, 5.74) is 0. The summed E-state index contributed by atoms with van der Waals surface area (Å²) in [6.07, 6.45) is 3.68. The summed E-state index contributed by atoms with van der Waals surface area (Å²) in [6.45, 7) is 5.40. The Morgan fingerprint density at radius 1 is 1.42 bits per heavy atom. The monoisotopic (exact) mass is 187 g/mol. The standard InChI is InChI=1S/C9H17NOS/c1-8-2-5-10-9(12-8)3-6-11-7-4-9/h8,10H,2-7H2,1H3. The molecule has 2 saturated heterocycles. The van der Waals surface area contributed by atoms with Crippen molar-refractivity contribution in [2.45, 2.75) is 36.3 Å². The predicted molar refractivity (Wildman–Crippen MR) is 52.5 cm³/mol. The molecule has 2 heterocycles. The second-order valence-corrected chi connectivity index (χ2v) is 5.57. The van der Waals surface area contributed by atoms with Gasteiger partial charge in [-0.25, -0.2) is 0 Å². The predicted octanol–water partition coefficient (Wildman–Crippen LogP) is 1.61. The number of ether oxygens (including phenoxy) is 1. The lowest BCUT2D eigenvalue weighted by atomic mass is 10.1. The molecule has 12 heavy (non-hydrogen) atoms. The zero-order valence-corrected chi connectivity index (χ0v) is 8.45. The minimum atomic E-state index is 0.371. The van der Waals surface area contributed by atoms with Gasteiger partial charge in [0.2, 0.25) is 0 Å². The maximum absolute atomic E-state index is 5.38. The van der Waals surface area contributed by atoms with Crippen molar-refractivity contribution in [3.8, 4) is 0 Å². The maximum atomic E-state index is 5.38. The molecule has 2 fully saturated rings. The lowest BCUT2D eigenvalue weighted by Crippen LogP contribution is -2.51. The normalized spacial score (nSPS) is 35.2. The van der Waals surface area contributed by atoms with E-state index in [-0.39, 0.29) is 0 Å². The lowest BCUT2D eigenvalue weighted by Gasteiger charge is -2.42. The first-order valence-electron chi connectivity index (χ1n) is 4.81. The van der Waals surface area contributed by atoms with Crippen LogP contribution in [-0.4, -0.2) is 29.9 Å². The van der Waals surface area contributed by atoms with E-state index in [1.807, 2.05) is 0 Å². The van der Waals surface area contributed by atoms with Gasteiger partial charge in [-0.15, -0.1) is 11.8 Å². The average molecular weight is 187 g/mol. The Bertz CT molecular complexity index is 151. The third kappa shape index (κ3) is 1.78. The van der Waals surface area contributed by atoms with E-state index in [1.54, 1.807) is 0 Å². The molecule has 0 aliphatic carbocycles. The summed E-state index contributed by atoms with van der Waals surface area (Å²) < 4.78 is 5.38. The van der Waals surface area contributed by atoms with E-state index in [2.05, 4.69) is 24.0 Å². The summed E-state index contributed by atoms with van der Waals surface area (Å²) in [5, 5.41) is 4.47. The summed E-state index contributed by atoms with van der Waals surface area (Å²) in [5.74, 6) is 0. The van der Waals surface area contributed by atoms with Gasteiger partial charge in [0.1, 0.15) is 0 Å². The Morgan fingerprint density at radius 2 is 2.17 bits per heavy atom. The molecule has 0 bridgehead atoms. The van der Waals surface area contributed by atoms with E-state index in [9.17, 15) is 0 Å². The number of hydrogen-bond donors (Lipinski definition) is 1. The Labute approximate surface area is 78.4 Å². The SMILES string of the molecule is CC1CCNC2(CCOCC2)S1. The minimum Gasteiger partial charge on any atom is -0.381 e. The first-order valence-corrected chi connectivity index (χ1v) is 5.69. The van der Waals surface area contributed by atoms with Crippen LogP contribution in [0.25, 0.3) is 0 Å². The van der Waals surface area contributed by atoms with E-state index in [0.717, 1.165) is 18.5 Å². The van der Waals surface area contributed by atoms with Crippen LogP contribution < -0.4 is 5.32 Å². The van der Waals surface area contributed by atoms with Crippen molar-refractivity contribution in [1.82, 2.24) is 5.32 Å². The molecule has 1 N–H and O–H groups in total. The van der Waals surface area contributed by atoms with Crippen LogP contribution in [-0.2, 0) is 4.74 Å². The first-order chi connectivity index (χ1) is 5.81. The van der Waals surface area contributed by atoms with Crippen LogP contribution in [0.2, 0.25) is 0 Å². The van der Waals surface area contributed by atoms with Crippen molar-refractivity contribution in [3.63, 3.8) is 0 Å². The summed E-state index contributed by atoms with van der Waals surface area (Å²) in [6, 6.07) is 0. The molecule has 2 nitrogen and oxygen atoms in total. The number of hydrogen-bond acceptors (Lipinski definition) is 3. The number of nitrogens with one attached hydrogen (secondary N) is 1. The van der Waals surface area contributed by atoms with Gasteiger partial charge in [-0.3, -0.25) is 0 Å². The highest BCUT2D eigenvalue weighted by Crippen LogP contribution is 2.39. The number of rotatable bonds is 0. The van der Waals surface area contributed by atoms with E-state index in [1.165, 1.54) is 25.8 Å². The van der Waals surface area contributed by atoms with Gasteiger partial charge in [0.25, 0.3) is 0 Å². The van der Waals surface area contributed by atoms with Gasteiger partial charge in [-0.2, -0.15) is 0 Å². The highest BCUT2D eigenvalue weighted by atomic mass is 32.2. The zero-order valence-electron chi connectivity index (χ0n) is 7.64. The van der Waals surface area contributed by atoms with Crippen molar-refractivity contribution < 1.29 is 4.74 Å². The van der Waals surface area contributed by atoms with Crippen molar-refractivity contribution in [2.75, 3.05) is 19.8 Å². The molecule has 0 aromatic carbocycles. The van der Waals surface area contributed by atoms with Crippen molar-refractivity contribution in [2.24, 2.45) is 0 Å². The first kappa shape index (κ1) is 8.85. The smallest absolute Gasteiger partial charge is 0.0692 e. The van der Waals surface area contributed by atoms with E-state index < -0.39 is 0 Å². The van der Waals surface area contributed by atoms with Gasteiger partial charge in [0.05, 0.1) is 4.87 Å². The Balaban J connectivity index is 1.97. The molecule has 70 valence electrons. The molecule has 0 saturated carbocycles. The summed E-state index contributed by atoms with van der Waals surface area (Å²) in [7, 11) is 0. The van der Waals surface area contributed by atoms with Gasteiger partial charge in [0, 0.05) is 18.5 Å². The third-order valence-electron chi connectivity index (χ3n) is 2.73. The molecule has 1 unspecified atom stereocenters. The Hall–Kier alpha value is 0.270. The van der Waals surface area contributed by atoms with Crippen LogP contribution in [0.3, 0.4) is 0 Å². The van der Waals surface area contributed by atoms with Crippen molar-refractivity contribution >= 4 is 11.8 Å². The molecular formula is C9H17NOS. The zero-order chi connectivity index (χ0) is 8.44. The Morgan fingerprint density at radius 3 is 2.83 bits per heavy atom. The second kappa shape index (κ2) is 3.56. The molecule has 1 atom stereocenters. The minimum absolute atomic E-state index is 0.371. The van der Waals surface area contributed by atoms with E-state index in [0.29, 0.717) is 4.87 Å². The van der Waals surface area contributed by atoms with Crippen LogP contribution in [0, 0.1) is 0 Å². The summed E-state index contributed by atoms with van der Waals surface area (Å²) >= 11 is 2.12. The Kier molecular flexibility index (Phi) is 2.63. The molecule has 0 aromatic heterocycles. The van der Waals surface area contributed by atoms with Crippen LogP contribution in [0.4, 0.5) is 0 Å². The molecule has 3 heteroatoms. The molecule has 0 amide bonds. The fourth-order valence-corrected chi connectivity index (χ4v) is 3.58. The van der Waals surface area contributed by atoms with Crippen LogP contribution >= 0.6 is 11.8 Å². The van der Waals surface area contributed by atoms with Crippen LogP contribution in [0.5, 0.6) is 0 Å². The second-order valence-electron chi connectivity index (χ2n) is 3.75. The molecule has 1 spiro atoms. The topological polar surface area (TPSA) is 21.3 Å². The average Bonchev–Trinajstić information content (AvgIpc) is 2.05. The van der Waals surface area contributed by atoms with Gasteiger partial charge in [-0.1, -0.05) is 6.92 Å². The third-order valence-corrected chi connectivity index (χ3v) is 4.37. The van der Waals surface area contributed by atoms with Crippen molar-refractivity contribution in [3.05, 3.63) is 0 Å². The van der Waals surface area contributed by atoms with Crippen LogP contribution in [0.15, 0.2) is 0 Å². The van der Waals surface area contributed by atoms with Gasteiger partial charge in [-0.05, 0) is 25.8 Å². The molecular weight excluding hydrogens is 170 g/mol. The van der Waals surface area contributed by atoms with Gasteiger partial charge in [0.15, 0.2) is 0 Å². The molecule has 2 aliphatic rings. The van der Waals surface area contributed by atoms with Gasteiger partial charge < -0.3 is 10.1 Å². The van der Waals surface area contributed by atoms with Gasteiger partial charge >= 0.3 is 0 Å². The molecule has 0 aromatic rings. The number of thioether (sulfide) groups is 1. The van der Waals surface area contributed by atoms with E-state index in [4.69, 9.17) is 4.74 Å². The fourth-order valence-electron chi connectivity index (χ4n) is 1.98. The molecule has 2 rings (SSSR count). The maximum Gasteiger partial charge on any atom is 0.0692 e. The van der Waals surface area contributed by atoms with E-state index >= 15 is 0 Å². The van der Waals surface area contributed by atoms with Crippen LogP contribution in [0.1, 0.15) is 26.2 Å². The quantitative estimate of drug-likeness (QED) is 0.622. The molecule has 0 radical (unpaired) electrons.